The van der Waals surface area contributed by atoms with Crippen molar-refractivity contribution in [2.45, 2.75) is 12.4 Å². The smallest absolute Gasteiger partial charge is 0.404 e. The maximum absolute atomic E-state index is 12.4. The second-order valence-electron chi connectivity index (χ2n) is 5.78. The van der Waals surface area contributed by atoms with E-state index in [0.29, 0.717) is 6.54 Å². The molecular formula is C15H21F3N4O2. The number of para-hydroxylation sites is 2. The zero-order chi connectivity index (χ0) is 17.7. The molecule has 2 amide bonds. The molecule has 1 aliphatic heterocycles. The number of alkyl halides is 3. The van der Waals surface area contributed by atoms with Crippen molar-refractivity contribution in [1.82, 2.24) is 15.1 Å². The SMILES string of the molecule is CN1CCN(C)[C@@H](CNC(=O)Nc2ccccc2OC(F)(F)F)C1. The fraction of sp³-hybridized carbons (Fsp3) is 0.533. The molecule has 0 bridgehead atoms. The number of urea groups is 1. The minimum atomic E-state index is -4.82. The lowest BCUT2D eigenvalue weighted by atomic mass is 10.2. The topological polar surface area (TPSA) is 56.8 Å². The fourth-order valence-electron chi connectivity index (χ4n) is 2.48. The van der Waals surface area contributed by atoms with E-state index in [1.807, 2.05) is 14.1 Å². The van der Waals surface area contributed by atoms with Crippen LogP contribution in [0, 0.1) is 0 Å². The second kappa shape index (κ2) is 7.71. The van der Waals surface area contributed by atoms with Crippen LogP contribution in [0.3, 0.4) is 0 Å². The molecule has 1 heterocycles. The Bertz CT molecular complexity index is 568. The molecule has 1 aromatic carbocycles. The number of likely N-dealkylation sites (N-methyl/N-ethyl adjacent to an activating group) is 2. The number of carbonyl (C=O) groups is 1. The largest absolute Gasteiger partial charge is 0.573 e. The van der Waals surface area contributed by atoms with Gasteiger partial charge in [0.05, 0.1) is 5.69 Å². The van der Waals surface area contributed by atoms with Crippen molar-refractivity contribution in [3.05, 3.63) is 24.3 Å². The molecule has 0 unspecified atom stereocenters. The van der Waals surface area contributed by atoms with Crippen molar-refractivity contribution in [2.75, 3.05) is 45.6 Å². The Morgan fingerprint density at radius 3 is 2.71 bits per heavy atom. The number of hydrogen-bond donors (Lipinski definition) is 2. The van der Waals surface area contributed by atoms with E-state index in [9.17, 15) is 18.0 Å². The Balaban J connectivity index is 1.90. The Kier molecular flexibility index (Phi) is 5.89. The van der Waals surface area contributed by atoms with Crippen LogP contribution in [0.25, 0.3) is 0 Å². The third-order valence-corrected chi connectivity index (χ3v) is 3.84. The number of nitrogens with zero attached hydrogens (tertiary/aromatic N) is 2. The molecule has 0 saturated carbocycles. The molecule has 0 aliphatic carbocycles. The number of anilines is 1. The van der Waals surface area contributed by atoms with Crippen LogP contribution in [0.15, 0.2) is 24.3 Å². The molecule has 0 radical (unpaired) electrons. The van der Waals surface area contributed by atoms with Crippen LogP contribution in [0.4, 0.5) is 23.7 Å². The van der Waals surface area contributed by atoms with E-state index < -0.39 is 18.1 Å². The number of rotatable bonds is 4. The summed E-state index contributed by atoms with van der Waals surface area (Å²) in [5.41, 5.74) is -0.0403. The van der Waals surface area contributed by atoms with Crippen molar-refractivity contribution in [2.24, 2.45) is 0 Å². The molecule has 1 saturated heterocycles. The van der Waals surface area contributed by atoms with Crippen molar-refractivity contribution in [3.8, 4) is 5.75 Å². The monoisotopic (exact) mass is 346 g/mol. The summed E-state index contributed by atoms with van der Waals surface area (Å²) in [6.45, 7) is 3.06. The van der Waals surface area contributed by atoms with E-state index in [1.54, 1.807) is 0 Å². The van der Waals surface area contributed by atoms with Crippen molar-refractivity contribution >= 4 is 11.7 Å². The molecule has 2 N–H and O–H groups in total. The van der Waals surface area contributed by atoms with Gasteiger partial charge in [0.15, 0.2) is 5.75 Å². The third-order valence-electron chi connectivity index (χ3n) is 3.84. The highest BCUT2D eigenvalue weighted by Crippen LogP contribution is 2.29. The molecule has 6 nitrogen and oxygen atoms in total. The Morgan fingerprint density at radius 1 is 1.29 bits per heavy atom. The Morgan fingerprint density at radius 2 is 2.00 bits per heavy atom. The van der Waals surface area contributed by atoms with Gasteiger partial charge in [-0.25, -0.2) is 4.79 Å². The minimum absolute atomic E-state index is 0.0403. The van der Waals surface area contributed by atoms with Crippen LogP contribution in [0.2, 0.25) is 0 Å². The number of piperazine rings is 1. The first kappa shape index (κ1) is 18.3. The highest BCUT2D eigenvalue weighted by atomic mass is 19.4. The molecule has 9 heteroatoms. The maximum Gasteiger partial charge on any atom is 0.573 e. The number of ether oxygens (including phenoxy) is 1. The van der Waals surface area contributed by atoms with E-state index in [4.69, 9.17) is 0 Å². The van der Waals surface area contributed by atoms with Crippen molar-refractivity contribution in [1.29, 1.82) is 0 Å². The van der Waals surface area contributed by atoms with Gasteiger partial charge in [0.25, 0.3) is 0 Å². The number of carbonyl (C=O) groups excluding carboxylic acids is 1. The number of benzene rings is 1. The quantitative estimate of drug-likeness (QED) is 0.875. The Labute approximate surface area is 138 Å². The molecule has 0 aromatic heterocycles. The molecular weight excluding hydrogens is 325 g/mol. The third kappa shape index (κ3) is 5.57. The highest BCUT2D eigenvalue weighted by molar-refractivity contribution is 5.90. The number of nitrogens with one attached hydrogen (secondary N) is 2. The second-order valence-corrected chi connectivity index (χ2v) is 5.78. The van der Waals surface area contributed by atoms with Gasteiger partial charge in [-0.1, -0.05) is 12.1 Å². The van der Waals surface area contributed by atoms with Crippen LogP contribution in [0.5, 0.6) is 5.75 Å². The summed E-state index contributed by atoms with van der Waals surface area (Å²) in [7, 11) is 3.98. The van der Waals surface area contributed by atoms with Gasteiger partial charge in [-0.2, -0.15) is 0 Å². The molecule has 134 valence electrons. The van der Waals surface area contributed by atoms with E-state index in [-0.39, 0.29) is 11.7 Å². The maximum atomic E-state index is 12.4. The molecule has 24 heavy (non-hydrogen) atoms. The van der Waals surface area contributed by atoms with E-state index in [1.165, 1.54) is 18.2 Å². The summed E-state index contributed by atoms with van der Waals surface area (Å²) in [6.07, 6.45) is -4.82. The van der Waals surface area contributed by atoms with Gasteiger partial charge < -0.3 is 20.3 Å². The standard InChI is InChI=1S/C15H21F3N4O2/c1-21-7-8-22(2)11(10-21)9-19-14(23)20-12-5-3-4-6-13(12)24-15(16,17)18/h3-6,11H,7-10H2,1-2H3,(H2,19,20,23)/t11-/m0/s1. The van der Waals surface area contributed by atoms with E-state index >= 15 is 0 Å². The average Bonchev–Trinajstić information content (AvgIpc) is 2.49. The lowest BCUT2D eigenvalue weighted by Crippen LogP contribution is -2.54. The zero-order valence-corrected chi connectivity index (χ0v) is 13.6. The zero-order valence-electron chi connectivity index (χ0n) is 13.6. The van der Waals surface area contributed by atoms with Crippen LogP contribution >= 0.6 is 0 Å². The van der Waals surface area contributed by atoms with Crippen LogP contribution in [-0.4, -0.2) is 68.5 Å². The van der Waals surface area contributed by atoms with E-state index in [0.717, 1.165) is 25.7 Å². The summed E-state index contributed by atoms with van der Waals surface area (Å²) >= 11 is 0. The van der Waals surface area contributed by atoms with Gasteiger partial charge in [0.2, 0.25) is 0 Å². The van der Waals surface area contributed by atoms with Gasteiger partial charge in [0, 0.05) is 32.2 Å². The first-order valence-corrected chi connectivity index (χ1v) is 7.53. The summed E-state index contributed by atoms with van der Waals surface area (Å²) in [5.74, 6) is -0.449. The summed E-state index contributed by atoms with van der Waals surface area (Å²) in [6, 6.07) is 4.99. The van der Waals surface area contributed by atoms with Crippen molar-refractivity contribution in [3.63, 3.8) is 0 Å². The molecule has 2 rings (SSSR count). The lowest BCUT2D eigenvalue weighted by Gasteiger charge is -2.37. The summed E-state index contributed by atoms with van der Waals surface area (Å²) in [4.78, 5) is 16.3. The number of halogens is 3. The summed E-state index contributed by atoms with van der Waals surface area (Å²) in [5, 5.41) is 5.08. The minimum Gasteiger partial charge on any atom is -0.404 e. The van der Waals surface area contributed by atoms with Gasteiger partial charge >= 0.3 is 12.4 Å². The van der Waals surface area contributed by atoms with E-state index in [2.05, 4.69) is 25.2 Å². The molecule has 1 aliphatic rings. The van der Waals surface area contributed by atoms with Gasteiger partial charge in [-0.15, -0.1) is 13.2 Å². The van der Waals surface area contributed by atoms with Crippen molar-refractivity contribution < 1.29 is 22.7 Å². The van der Waals surface area contributed by atoms with Crippen LogP contribution in [-0.2, 0) is 0 Å². The molecule has 1 fully saturated rings. The molecule has 1 aromatic rings. The average molecular weight is 346 g/mol. The van der Waals surface area contributed by atoms with Crippen LogP contribution < -0.4 is 15.4 Å². The van der Waals surface area contributed by atoms with Gasteiger partial charge in [-0.3, -0.25) is 4.90 Å². The van der Waals surface area contributed by atoms with Gasteiger partial charge in [0.1, 0.15) is 0 Å². The Hall–Kier alpha value is -2.00. The predicted molar refractivity (Wildman–Crippen MR) is 84.1 cm³/mol. The van der Waals surface area contributed by atoms with Crippen LogP contribution in [0.1, 0.15) is 0 Å². The summed E-state index contributed by atoms with van der Waals surface area (Å²) < 4.78 is 41.0. The highest BCUT2D eigenvalue weighted by Gasteiger charge is 2.32. The molecule has 1 atom stereocenters. The first-order valence-electron chi connectivity index (χ1n) is 7.53. The van der Waals surface area contributed by atoms with Gasteiger partial charge in [-0.05, 0) is 26.2 Å². The lowest BCUT2D eigenvalue weighted by molar-refractivity contribution is -0.274. The first-order chi connectivity index (χ1) is 11.2. The number of hydrogen-bond acceptors (Lipinski definition) is 4. The fourth-order valence-corrected chi connectivity index (χ4v) is 2.48. The predicted octanol–water partition coefficient (Wildman–Crippen LogP) is 1.95. The number of amides is 2. The normalized spacial score (nSPS) is 19.8. The molecule has 0 spiro atoms.